The van der Waals surface area contributed by atoms with Gasteiger partial charge in [0.05, 0.1) is 11.6 Å². The number of fused-ring (bicyclic) bond motifs is 1. The predicted octanol–water partition coefficient (Wildman–Crippen LogP) is 3.31. The van der Waals surface area contributed by atoms with Crippen molar-refractivity contribution in [2.24, 2.45) is 0 Å². The Bertz CT molecular complexity index is 1280. The molecule has 1 fully saturated rings. The summed E-state index contributed by atoms with van der Waals surface area (Å²) in [6.45, 7) is 7.70. The minimum atomic E-state index is -0.143. The molecule has 4 aromatic rings. The maximum absolute atomic E-state index is 12.7. The molecule has 3 aromatic heterocycles. The highest BCUT2D eigenvalue weighted by atomic mass is 16.2. The molecule has 1 aromatic carbocycles. The van der Waals surface area contributed by atoms with Crippen molar-refractivity contribution in [3.05, 3.63) is 66.7 Å². The summed E-state index contributed by atoms with van der Waals surface area (Å²) in [5.74, 6) is 2.10. The fourth-order valence-electron chi connectivity index (χ4n) is 4.25. The zero-order valence-electron chi connectivity index (χ0n) is 19.4. The third-order valence-corrected chi connectivity index (χ3v) is 6.10. The maximum Gasteiger partial charge on any atom is 0.246 e. The lowest BCUT2D eigenvalue weighted by Gasteiger charge is -2.36. The largest absolute Gasteiger partial charge is 0.353 e. The van der Waals surface area contributed by atoms with Gasteiger partial charge in [-0.05, 0) is 35.7 Å². The van der Waals surface area contributed by atoms with Crippen LogP contribution >= 0.6 is 0 Å². The molecule has 0 unspecified atom stereocenters. The van der Waals surface area contributed by atoms with E-state index in [-0.39, 0.29) is 12.5 Å². The maximum atomic E-state index is 12.7. The molecule has 1 N–H and O–H groups in total. The van der Waals surface area contributed by atoms with Crippen LogP contribution in [-0.4, -0.2) is 56.8 Å². The van der Waals surface area contributed by atoms with Crippen LogP contribution in [-0.2, 0) is 11.3 Å². The zero-order valence-corrected chi connectivity index (χ0v) is 19.4. The monoisotopic (exact) mass is 456 g/mol. The molecule has 4 heterocycles. The highest BCUT2D eigenvalue weighted by molar-refractivity contribution is 5.92. The van der Waals surface area contributed by atoms with Gasteiger partial charge in [0, 0.05) is 38.1 Å². The molecule has 34 heavy (non-hydrogen) atoms. The Balaban J connectivity index is 1.28. The van der Waals surface area contributed by atoms with Crippen molar-refractivity contribution < 1.29 is 4.79 Å². The highest BCUT2D eigenvalue weighted by Gasteiger charge is 2.22. The van der Waals surface area contributed by atoms with Crippen molar-refractivity contribution in [1.29, 1.82) is 0 Å². The number of nitrogens with zero attached hydrogens (tertiary/aromatic N) is 7. The zero-order chi connectivity index (χ0) is 23.5. The van der Waals surface area contributed by atoms with Crippen molar-refractivity contribution in [3.63, 3.8) is 0 Å². The van der Waals surface area contributed by atoms with Gasteiger partial charge < -0.3 is 15.1 Å². The Labute approximate surface area is 198 Å². The molecule has 5 rings (SSSR count). The molecule has 0 bridgehead atoms. The van der Waals surface area contributed by atoms with Gasteiger partial charge in [-0.2, -0.15) is 5.10 Å². The second kappa shape index (κ2) is 9.46. The Morgan fingerprint density at radius 2 is 1.82 bits per heavy atom. The van der Waals surface area contributed by atoms with Gasteiger partial charge in [-0.15, -0.1) is 0 Å². The highest BCUT2D eigenvalue weighted by Crippen LogP contribution is 2.25. The van der Waals surface area contributed by atoms with E-state index in [1.165, 1.54) is 5.56 Å². The average Bonchev–Trinajstić information content (AvgIpc) is 3.27. The molecule has 1 aliphatic rings. The van der Waals surface area contributed by atoms with Crippen LogP contribution in [0.2, 0.25) is 0 Å². The summed E-state index contributed by atoms with van der Waals surface area (Å²) in [7, 11) is 0. The van der Waals surface area contributed by atoms with Crippen LogP contribution in [0.3, 0.4) is 0 Å². The van der Waals surface area contributed by atoms with Crippen LogP contribution in [0.15, 0.2) is 61.2 Å². The molecular weight excluding hydrogens is 428 g/mol. The van der Waals surface area contributed by atoms with Gasteiger partial charge in [0.1, 0.15) is 24.5 Å². The van der Waals surface area contributed by atoms with E-state index in [4.69, 9.17) is 0 Å². The van der Waals surface area contributed by atoms with E-state index in [1.54, 1.807) is 17.2 Å². The first-order chi connectivity index (χ1) is 16.6. The van der Waals surface area contributed by atoms with Gasteiger partial charge in [-0.3, -0.25) is 4.79 Å². The van der Waals surface area contributed by atoms with E-state index < -0.39 is 0 Å². The summed E-state index contributed by atoms with van der Waals surface area (Å²) in [6.07, 6.45) is 5.12. The van der Waals surface area contributed by atoms with E-state index in [0.29, 0.717) is 11.6 Å². The number of anilines is 3. The number of benzene rings is 1. The van der Waals surface area contributed by atoms with E-state index in [0.717, 1.165) is 48.9 Å². The van der Waals surface area contributed by atoms with Crippen LogP contribution in [0.4, 0.5) is 17.3 Å². The summed E-state index contributed by atoms with van der Waals surface area (Å²) >= 11 is 0. The minimum absolute atomic E-state index is 0.0827. The molecule has 1 saturated heterocycles. The fourth-order valence-corrected chi connectivity index (χ4v) is 4.25. The van der Waals surface area contributed by atoms with Gasteiger partial charge in [0.2, 0.25) is 5.91 Å². The summed E-state index contributed by atoms with van der Waals surface area (Å²) in [5, 5.41) is 8.27. The van der Waals surface area contributed by atoms with Gasteiger partial charge in [-0.1, -0.05) is 32.0 Å². The van der Waals surface area contributed by atoms with Gasteiger partial charge in [0.15, 0.2) is 5.65 Å². The third-order valence-electron chi connectivity index (χ3n) is 6.10. The second-order valence-corrected chi connectivity index (χ2v) is 8.73. The first-order valence-electron chi connectivity index (χ1n) is 11.6. The number of carbonyl (C=O) groups is 1. The number of carbonyl (C=O) groups excluding carboxylic acids is 1. The molecule has 9 nitrogen and oxygen atoms in total. The summed E-state index contributed by atoms with van der Waals surface area (Å²) in [4.78, 5) is 30.7. The van der Waals surface area contributed by atoms with Crippen molar-refractivity contribution in [2.75, 3.05) is 41.3 Å². The number of rotatable bonds is 6. The summed E-state index contributed by atoms with van der Waals surface area (Å²) < 4.78 is 1.63. The lowest BCUT2D eigenvalue weighted by atomic mass is 10.0. The standard InChI is InChI=1S/C25H28N8O/c1-18(2)19-6-5-7-20(14-19)30-23(34)16-33-25-21(15-29-33)24(27-17-28-25)32-12-10-31(11-13-32)22-8-3-4-9-26-22/h3-9,14-15,17-18H,10-13,16H2,1-2H3,(H,30,34). The molecule has 1 amide bonds. The van der Waals surface area contributed by atoms with Crippen molar-refractivity contribution in [2.45, 2.75) is 26.3 Å². The normalized spacial score (nSPS) is 14.1. The quantitative estimate of drug-likeness (QED) is 0.476. The third kappa shape index (κ3) is 4.54. The van der Waals surface area contributed by atoms with Gasteiger partial charge in [0.25, 0.3) is 0 Å². The Morgan fingerprint density at radius 1 is 1.00 bits per heavy atom. The molecule has 0 radical (unpaired) electrons. The van der Waals surface area contributed by atoms with Crippen LogP contribution in [0.25, 0.3) is 11.0 Å². The van der Waals surface area contributed by atoms with E-state index in [9.17, 15) is 4.79 Å². The van der Waals surface area contributed by atoms with Crippen LogP contribution in [0.5, 0.6) is 0 Å². The van der Waals surface area contributed by atoms with Crippen LogP contribution in [0.1, 0.15) is 25.3 Å². The minimum Gasteiger partial charge on any atom is -0.353 e. The Kier molecular flexibility index (Phi) is 6.07. The summed E-state index contributed by atoms with van der Waals surface area (Å²) in [5.41, 5.74) is 2.62. The Morgan fingerprint density at radius 3 is 2.59 bits per heavy atom. The lowest BCUT2D eigenvalue weighted by molar-refractivity contribution is -0.116. The predicted molar refractivity (Wildman–Crippen MR) is 133 cm³/mol. The first-order valence-corrected chi connectivity index (χ1v) is 11.6. The molecular formula is C25H28N8O. The average molecular weight is 457 g/mol. The number of aromatic nitrogens is 5. The van der Waals surface area contributed by atoms with Crippen molar-refractivity contribution in [1.82, 2.24) is 24.7 Å². The van der Waals surface area contributed by atoms with E-state index in [1.807, 2.05) is 42.6 Å². The molecule has 1 aliphatic heterocycles. The van der Waals surface area contributed by atoms with Gasteiger partial charge >= 0.3 is 0 Å². The number of pyridine rings is 1. The first kappa shape index (κ1) is 21.8. The summed E-state index contributed by atoms with van der Waals surface area (Å²) in [6, 6.07) is 13.9. The topological polar surface area (TPSA) is 92.1 Å². The van der Waals surface area contributed by atoms with Crippen LogP contribution in [0, 0.1) is 0 Å². The Hall–Kier alpha value is -4.01. The molecule has 0 spiro atoms. The number of piperazine rings is 1. The van der Waals surface area contributed by atoms with Gasteiger partial charge in [-0.25, -0.2) is 19.6 Å². The fraction of sp³-hybridized carbons (Fsp3) is 0.320. The molecule has 9 heteroatoms. The van der Waals surface area contributed by atoms with Crippen molar-refractivity contribution >= 4 is 34.3 Å². The smallest absolute Gasteiger partial charge is 0.246 e. The molecule has 0 atom stereocenters. The number of nitrogens with one attached hydrogen (secondary N) is 1. The SMILES string of the molecule is CC(C)c1cccc(NC(=O)Cn2ncc3c(N4CCN(c5ccccn5)CC4)ncnc32)c1. The number of hydrogen-bond donors (Lipinski definition) is 1. The molecule has 174 valence electrons. The molecule has 0 aliphatic carbocycles. The van der Waals surface area contributed by atoms with E-state index >= 15 is 0 Å². The second-order valence-electron chi connectivity index (χ2n) is 8.73. The lowest BCUT2D eigenvalue weighted by Crippen LogP contribution is -2.47. The molecule has 0 saturated carbocycles. The number of amides is 1. The van der Waals surface area contributed by atoms with Crippen molar-refractivity contribution in [3.8, 4) is 0 Å². The number of hydrogen-bond acceptors (Lipinski definition) is 7. The van der Waals surface area contributed by atoms with Crippen LogP contribution < -0.4 is 15.1 Å². The van der Waals surface area contributed by atoms with E-state index in [2.05, 4.69) is 55.1 Å².